The molecule has 2 N–H and O–H groups in total. The van der Waals surface area contributed by atoms with Gasteiger partial charge in [-0.3, -0.25) is 0 Å². The number of aliphatic carboxylic acids is 1. The minimum Gasteiger partial charge on any atom is -0.480 e. The molecule has 0 unspecified atom stereocenters. The van der Waals surface area contributed by atoms with E-state index in [0.717, 1.165) is 24.8 Å². The summed E-state index contributed by atoms with van der Waals surface area (Å²) in [6.07, 6.45) is 6.20. The van der Waals surface area contributed by atoms with E-state index in [4.69, 9.17) is 0 Å². The Morgan fingerprint density at radius 1 is 1.47 bits per heavy atom. The lowest BCUT2D eigenvalue weighted by molar-refractivity contribution is -0.143. The Morgan fingerprint density at radius 3 is 2.63 bits per heavy atom. The summed E-state index contributed by atoms with van der Waals surface area (Å²) < 4.78 is 0. The van der Waals surface area contributed by atoms with Gasteiger partial charge in [0.05, 0.1) is 0 Å². The number of hydrogen-bond donors (Lipinski definition) is 2. The van der Waals surface area contributed by atoms with Crippen LogP contribution < -0.4 is 5.32 Å². The molecular formula is C15H22N2O2. The number of anilines is 1. The van der Waals surface area contributed by atoms with E-state index in [1.807, 2.05) is 19.1 Å². The summed E-state index contributed by atoms with van der Waals surface area (Å²) in [6, 6.07) is 3.80. The van der Waals surface area contributed by atoms with Gasteiger partial charge in [-0.15, -0.1) is 0 Å². The Labute approximate surface area is 114 Å². The third-order valence-corrected chi connectivity index (χ3v) is 4.22. The van der Waals surface area contributed by atoms with Gasteiger partial charge in [0, 0.05) is 6.20 Å². The van der Waals surface area contributed by atoms with Gasteiger partial charge in [-0.05, 0) is 50.2 Å². The van der Waals surface area contributed by atoms with E-state index < -0.39 is 11.5 Å². The molecule has 2 rings (SSSR count). The molecule has 1 fully saturated rings. The molecule has 1 aromatic rings. The number of hydrogen-bond acceptors (Lipinski definition) is 3. The van der Waals surface area contributed by atoms with Crippen LogP contribution in [0.3, 0.4) is 0 Å². The van der Waals surface area contributed by atoms with Crippen LogP contribution in [-0.2, 0) is 4.79 Å². The molecule has 0 bridgehead atoms. The van der Waals surface area contributed by atoms with E-state index in [0.29, 0.717) is 24.6 Å². The summed E-state index contributed by atoms with van der Waals surface area (Å²) in [7, 11) is 0. The second kappa shape index (κ2) is 5.59. The van der Waals surface area contributed by atoms with Gasteiger partial charge < -0.3 is 10.4 Å². The van der Waals surface area contributed by atoms with Crippen LogP contribution in [-0.4, -0.2) is 21.6 Å². The van der Waals surface area contributed by atoms with Crippen molar-refractivity contribution in [2.75, 3.05) is 5.32 Å². The van der Waals surface area contributed by atoms with Crippen molar-refractivity contribution in [3.8, 4) is 0 Å². The van der Waals surface area contributed by atoms with Crippen LogP contribution in [0.2, 0.25) is 0 Å². The average molecular weight is 262 g/mol. The van der Waals surface area contributed by atoms with Gasteiger partial charge in [0.15, 0.2) is 0 Å². The first kappa shape index (κ1) is 13.8. The molecule has 0 aliphatic heterocycles. The number of aromatic nitrogens is 1. The van der Waals surface area contributed by atoms with E-state index in [1.54, 1.807) is 6.20 Å². The van der Waals surface area contributed by atoms with Crippen LogP contribution in [0.15, 0.2) is 18.3 Å². The summed E-state index contributed by atoms with van der Waals surface area (Å²) in [4.78, 5) is 15.9. The lowest BCUT2D eigenvalue weighted by Crippen LogP contribution is -2.49. The summed E-state index contributed by atoms with van der Waals surface area (Å²) in [5, 5.41) is 12.7. The number of nitrogens with zero attached hydrogens (tertiary/aromatic N) is 1. The second-order valence-corrected chi connectivity index (χ2v) is 5.58. The van der Waals surface area contributed by atoms with Crippen LogP contribution in [0, 0.1) is 12.8 Å². The van der Waals surface area contributed by atoms with Crippen LogP contribution in [0.4, 0.5) is 5.82 Å². The van der Waals surface area contributed by atoms with Crippen LogP contribution in [0.1, 0.15) is 44.6 Å². The fourth-order valence-corrected chi connectivity index (χ4v) is 2.76. The van der Waals surface area contributed by atoms with Crippen molar-refractivity contribution < 1.29 is 9.90 Å². The quantitative estimate of drug-likeness (QED) is 0.874. The van der Waals surface area contributed by atoms with Crippen molar-refractivity contribution in [3.05, 3.63) is 23.9 Å². The average Bonchev–Trinajstić information content (AvgIpc) is 2.42. The van der Waals surface area contributed by atoms with Crippen molar-refractivity contribution >= 4 is 11.8 Å². The lowest BCUT2D eigenvalue weighted by Gasteiger charge is -2.37. The maximum Gasteiger partial charge on any atom is 0.329 e. The molecule has 0 atom stereocenters. The standard InChI is InChI=1S/C15H22N2O2/c1-3-12-6-8-15(9-7-12,14(18)19)17-13-5-4-11(2)10-16-13/h4-5,10,12H,3,6-9H2,1-2H3,(H,16,17)(H,18,19). The SMILES string of the molecule is CCC1CCC(Nc2ccc(C)cn2)(C(=O)O)CC1. The van der Waals surface area contributed by atoms with Crippen LogP contribution >= 0.6 is 0 Å². The lowest BCUT2D eigenvalue weighted by atomic mass is 9.75. The number of aryl methyl sites for hydroxylation is 1. The molecule has 1 aliphatic carbocycles. The van der Waals surface area contributed by atoms with Gasteiger partial charge in [0.2, 0.25) is 0 Å². The Morgan fingerprint density at radius 2 is 2.16 bits per heavy atom. The molecule has 1 heterocycles. The molecular weight excluding hydrogens is 240 g/mol. The topological polar surface area (TPSA) is 62.2 Å². The molecule has 0 amide bonds. The molecule has 0 spiro atoms. The van der Waals surface area contributed by atoms with Gasteiger partial charge in [0.1, 0.15) is 11.4 Å². The largest absolute Gasteiger partial charge is 0.480 e. The Balaban J connectivity index is 2.12. The molecule has 0 radical (unpaired) electrons. The first-order chi connectivity index (χ1) is 9.05. The van der Waals surface area contributed by atoms with Gasteiger partial charge in [-0.25, -0.2) is 9.78 Å². The summed E-state index contributed by atoms with van der Waals surface area (Å²) in [5.41, 5.74) is 0.234. The molecule has 0 aromatic carbocycles. The molecule has 4 nitrogen and oxygen atoms in total. The number of carboxylic acid groups (broad SMARTS) is 1. The molecule has 0 saturated heterocycles. The monoisotopic (exact) mass is 262 g/mol. The van der Waals surface area contributed by atoms with Gasteiger partial charge in [-0.1, -0.05) is 19.4 Å². The Hall–Kier alpha value is -1.58. The van der Waals surface area contributed by atoms with Crippen LogP contribution in [0.5, 0.6) is 0 Å². The number of nitrogens with one attached hydrogen (secondary N) is 1. The predicted octanol–water partition coefficient (Wildman–Crippen LogP) is 3.23. The molecule has 1 aromatic heterocycles. The maximum atomic E-state index is 11.7. The van der Waals surface area contributed by atoms with E-state index in [1.165, 1.54) is 0 Å². The zero-order valence-electron chi connectivity index (χ0n) is 11.6. The van der Waals surface area contributed by atoms with Gasteiger partial charge in [-0.2, -0.15) is 0 Å². The van der Waals surface area contributed by atoms with Gasteiger partial charge in [0.25, 0.3) is 0 Å². The maximum absolute atomic E-state index is 11.7. The van der Waals surface area contributed by atoms with Crippen molar-refractivity contribution in [2.45, 2.75) is 51.5 Å². The number of pyridine rings is 1. The Bertz CT molecular complexity index is 434. The van der Waals surface area contributed by atoms with Crippen molar-refractivity contribution in [1.82, 2.24) is 4.98 Å². The van der Waals surface area contributed by atoms with E-state index in [9.17, 15) is 9.90 Å². The highest BCUT2D eigenvalue weighted by Gasteiger charge is 2.41. The number of carbonyl (C=O) groups is 1. The highest BCUT2D eigenvalue weighted by Crippen LogP contribution is 2.36. The first-order valence-corrected chi connectivity index (χ1v) is 7.00. The smallest absolute Gasteiger partial charge is 0.329 e. The third-order valence-electron chi connectivity index (χ3n) is 4.22. The summed E-state index contributed by atoms with van der Waals surface area (Å²) in [5.74, 6) is 0.563. The number of carboxylic acids is 1. The normalized spacial score (nSPS) is 26.9. The van der Waals surface area contributed by atoms with Gasteiger partial charge >= 0.3 is 5.97 Å². The zero-order chi connectivity index (χ0) is 13.9. The third kappa shape index (κ3) is 3.06. The molecule has 104 valence electrons. The minimum atomic E-state index is -0.839. The van der Waals surface area contributed by atoms with Crippen LogP contribution in [0.25, 0.3) is 0 Å². The predicted molar refractivity (Wildman–Crippen MR) is 75.2 cm³/mol. The molecule has 19 heavy (non-hydrogen) atoms. The molecule has 4 heteroatoms. The Kier molecular flexibility index (Phi) is 4.08. The zero-order valence-corrected chi connectivity index (χ0v) is 11.6. The summed E-state index contributed by atoms with van der Waals surface area (Å²) in [6.45, 7) is 4.14. The molecule has 1 saturated carbocycles. The fraction of sp³-hybridized carbons (Fsp3) is 0.600. The fourth-order valence-electron chi connectivity index (χ4n) is 2.76. The highest BCUT2D eigenvalue weighted by atomic mass is 16.4. The van der Waals surface area contributed by atoms with E-state index in [2.05, 4.69) is 17.2 Å². The van der Waals surface area contributed by atoms with E-state index in [-0.39, 0.29) is 0 Å². The summed E-state index contributed by atoms with van der Waals surface area (Å²) >= 11 is 0. The van der Waals surface area contributed by atoms with Crippen molar-refractivity contribution in [1.29, 1.82) is 0 Å². The van der Waals surface area contributed by atoms with Crippen molar-refractivity contribution in [2.24, 2.45) is 5.92 Å². The second-order valence-electron chi connectivity index (χ2n) is 5.58. The number of rotatable bonds is 4. The van der Waals surface area contributed by atoms with E-state index >= 15 is 0 Å². The molecule has 1 aliphatic rings. The van der Waals surface area contributed by atoms with Crippen molar-refractivity contribution in [3.63, 3.8) is 0 Å². The first-order valence-electron chi connectivity index (χ1n) is 7.00. The minimum absolute atomic E-state index is 0.656. The highest BCUT2D eigenvalue weighted by molar-refractivity contribution is 5.82.